The second kappa shape index (κ2) is 6.87. The number of non-ortho nitro benzene ring substituents is 1. The van der Waals surface area contributed by atoms with Gasteiger partial charge in [0.15, 0.2) is 0 Å². The predicted octanol–water partition coefficient (Wildman–Crippen LogP) is 1.69. The van der Waals surface area contributed by atoms with Crippen LogP contribution in [0.2, 0.25) is 0 Å². The lowest BCUT2D eigenvalue weighted by Crippen LogP contribution is -2.35. The molecule has 1 aromatic rings. The molecule has 6 nitrogen and oxygen atoms in total. The van der Waals surface area contributed by atoms with Gasteiger partial charge in [0.25, 0.3) is 5.69 Å². The van der Waals surface area contributed by atoms with Crippen molar-refractivity contribution in [2.75, 3.05) is 24.6 Å². The van der Waals surface area contributed by atoms with Crippen molar-refractivity contribution in [2.45, 2.75) is 32.2 Å². The summed E-state index contributed by atoms with van der Waals surface area (Å²) in [7, 11) is 0. The molecule has 1 aromatic carbocycles. The van der Waals surface area contributed by atoms with E-state index in [0.717, 1.165) is 37.2 Å². The van der Waals surface area contributed by atoms with Crippen molar-refractivity contribution < 1.29 is 10.0 Å². The van der Waals surface area contributed by atoms with E-state index >= 15 is 0 Å². The van der Waals surface area contributed by atoms with E-state index < -0.39 is 0 Å². The lowest BCUT2D eigenvalue weighted by molar-refractivity contribution is -0.384. The molecule has 0 aromatic heterocycles. The number of hydrogen-bond acceptors (Lipinski definition) is 5. The van der Waals surface area contributed by atoms with Crippen molar-refractivity contribution in [2.24, 2.45) is 11.7 Å². The van der Waals surface area contributed by atoms with Crippen LogP contribution < -0.4 is 10.6 Å². The Labute approximate surface area is 124 Å². The van der Waals surface area contributed by atoms with Crippen LogP contribution in [0.5, 0.6) is 0 Å². The molecule has 1 unspecified atom stereocenters. The first-order valence-corrected chi connectivity index (χ1v) is 7.40. The van der Waals surface area contributed by atoms with Crippen LogP contribution in [0.1, 0.15) is 25.3 Å². The zero-order valence-corrected chi connectivity index (χ0v) is 12.4. The molecular formula is C15H23N3O3. The number of nitro benzene ring substituents is 1. The summed E-state index contributed by atoms with van der Waals surface area (Å²) in [4.78, 5) is 12.8. The number of rotatable bonds is 5. The van der Waals surface area contributed by atoms with Gasteiger partial charge in [0.2, 0.25) is 0 Å². The Morgan fingerprint density at radius 3 is 2.67 bits per heavy atom. The lowest BCUT2D eigenvalue weighted by Gasteiger charge is -2.34. The summed E-state index contributed by atoms with van der Waals surface area (Å²) in [6.45, 7) is 3.88. The first-order chi connectivity index (χ1) is 10.0. The zero-order valence-electron chi connectivity index (χ0n) is 12.4. The lowest BCUT2D eigenvalue weighted by atomic mass is 9.96. The van der Waals surface area contributed by atoms with E-state index in [-0.39, 0.29) is 23.3 Å². The average Bonchev–Trinajstić information content (AvgIpc) is 2.46. The summed E-state index contributed by atoms with van der Waals surface area (Å²) in [5.41, 5.74) is 7.95. The number of anilines is 1. The Morgan fingerprint density at radius 1 is 1.48 bits per heavy atom. The smallest absolute Gasteiger partial charge is 0.269 e. The van der Waals surface area contributed by atoms with E-state index in [0.29, 0.717) is 12.3 Å². The Balaban J connectivity index is 2.23. The SMILES string of the molecule is CC(N)Cc1cc([N+](=O)[O-])ccc1N1CCC(CO)CC1. The predicted molar refractivity (Wildman–Crippen MR) is 82.5 cm³/mol. The second-order valence-electron chi connectivity index (χ2n) is 5.86. The molecule has 2 rings (SSSR count). The maximum Gasteiger partial charge on any atom is 0.269 e. The minimum Gasteiger partial charge on any atom is -0.396 e. The standard InChI is InChI=1S/C15H23N3O3/c1-11(16)8-13-9-14(18(20)21)2-3-15(13)17-6-4-12(10-19)5-7-17/h2-3,9,11-12,19H,4-8,10,16H2,1H3. The van der Waals surface area contributed by atoms with Gasteiger partial charge < -0.3 is 15.7 Å². The van der Waals surface area contributed by atoms with Crippen molar-refractivity contribution in [3.05, 3.63) is 33.9 Å². The second-order valence-corrected chi connectivity index (χ2v) is 5.86. The van der Waals surface area contributed by atoms with Gasteiger partial charge in [-0.2, -0.15) is 0 Å². The molecule has 0 radical (unpaired) electrons. The van der Waals surface area contributed by atoms with Gasteiger partial charge in [-0.3, -0.25) is 10.1 Å². The maximum atomic E-state index is 10.9. The van der Waals surface area contributed by atoms with Gasteiger partial charge in [-0.15, -0.1) is 0 Å². The molecule has 21 heavy (non-hydrogen) atoms. The first-order valence-electron chi connectivity index (χ1n) is 7.40. The molecule has 1 aliphatic rings. The third kappa shape index (κ3) is 3.92. The van der Waals surface area contributed by atoms with Crippen molar-refractivity contribution in [1.82, 2.24) is 0 Å². The number of piperidine rings is 1. The fourth-order valence-electron chi connectivity index (χ4n) is 2.86. The molecule has 1 aliphatic heterocycles. The highest BCUT2D eigenvalue weighted by Crippen LogP contribution is 2.30. The van der Waals surface area contributed by atoms with Gasteiger partial charge >= 0.3 is 0 Å². The van der Waals surface area contributed by atoms with Crippen molar-refractivity contribution in [1.29, 1.82) is 0 Å². The highest BCUT2D eigenvalue weighted by molar-refractivity contribution is 5.58. The molecule has 0 saturated carbocycles. The number of nitrogens with zero attached hydrogens (tertiary/aromatic N) is 2. The summed E-state index contributed by atoms with van der Waals surface area (Å²) in [6.07, 6.45) is 2.52. The number of nitrogens with two attached hydrogens (primary N) is 1. The molecule has 1 heterocycles. The molecule has 3 N–H and O–H groups in total. The van der Waals surface area contributed by atoms with Crippen LogP contribution >= 0.6 is 0 Å². The van der Waals surface area contributed by atoms with Gasteiger partial charge in [-0.25, -0.2) is 0 Å². The molecule has 0 bridgehead atoms. The number of hydrogen-bond donors (Lipinski definition) is 2. The number of benzene rings is 1. The molecule has 6 heteroatoms. The number of nitro groups is 1. The first kappa shape index (κ1) is 15.7. The largest absolute Gasteiger partial charge is 0.396 e. The van der Waals surface area contributed by atoms with E-state index in [1.165, 1.54) is 0 Å². The van der Waals surface area contributed by atoms with Gasteiger partial charge in [0.05, 0.1) is 4.92 Å². The van der Waals surface area contributed by atoms with Gasteiger partial charge in [-0.1, -0.05) is 0 Å². The van der Waals surface area contributed by atoms with E-state index in [4.69, 9.17) is 5.73 Å². The Morgan fingerprint density at radius 2 is 2.14 bits per heavy atom. The molecule has 1 fully saturated rings. The van der Waals surface area contributed by atoms with Crippen LogP contribution in [0.4, 0.5) is 11.4 Å². The van der Waals surface area contributed by atoms with Crippen LogP contribution in [0.15, 0.2) is 18.2 Å². The summed E-state index contributed by atoms with van der Waals surface area (Å²) in [5.74, 6) is 0.371. The normalized spacial score (nSPS) is 17.8. The number of aliphatic hydroxyl groups excluding tert-OH is 1. The molecular weight excluding hydrogens is 270 g/mol. The van der Waals surface area contributed by atoms with E-state index in [1.54, 1.807) is 12.1 Å². The van der Waals surface area contributed by atoms with Crippen LogP contribution in [-0.2, 0) is 6.42 Å². The third-order valence-electron chi connectivity index (χ3n) is 4.03. The van der Waals surface area contributed by atoms with Crippen LogP contribution in [-0.4, -0.2) is 35.8 Å². The van der Waals surface area contributed by atoms with E-state index in [2.05, 4.69) is 4.90 Å². The minimum atomic E-state index is -0.369. The topological polar surface area (TPSA) is 92.6 Å². The van der Waals surface area contributed by atoms with Crippen LogP contribution in [0.25, 0.3) is 0 Å². The quantitative estimate of drug-likeness (QED) is 0.636. The minimum absolute atomic E-state index is 0.0410. The van der Waals surface area contributed by atoms with Gasteiger partial charge in [0.1, 0.15) is 0 Å². The maximum absolute atomic E-state index is 10.9. The number of aliphatic hydroxyl groups is 1. The van der Waals surface area contributed by atoms with Crippen molar-refractivity contribution >= 4 is 11.4 Å². The molecule has 1 atom stereocenters. The van der Waals surface area contributed by atoms with E-state index in [9.17, 15) is 15.2 Å². The summed E-state index contributed by atoms with van der Waals surface area (Å²) in [5, 5.41) is 20.2. The van der Waals surface area contributed by atoms with Crippen molar-refractivity contribution in [3.8, 4) is 0 Å². The van der Waals surface area contributed by atoms with Crippen molar-refractivity contribution in [3.63, 3.8) is 0 Å². The summed E-state index contributed by atoms with van der Waals surface area (Å²) in [6, 6.07) is 4.98. The molecule has 1 saturated heterocycles. The highest BCUT2D eigenvalue weighted by Gasteiger charge is 2.22. The average molecular weight is 293 g/mol. The van der Waals surface area contributed by atoms with Crippen LogP contribution in [0, 0.1) is 16.0 Å². The molecule has 116 valence electrons. The van der Waals surface area contributed by atoms with Crippen LogP contribution in [0.3, 0.4) is 0 Å². The molecule has 0 aliphatic carbocycles. The fourth-order valence-corrected chi connectivity index (χ4v) is 2.86. The monoisotopic (exact) mass is 293 g/mol. The molecule has 0 amide bonds. The fraction of sp³-hybridized carbons (Fsp3) is 0.600. The zero-order chi connectivity index (χ0) is 15.4. The molecule has 0 spiro atoms. The highest BCUT2D eigenvalue weighted by atomic mass is 16.6. The summed E-state index contributed by atoms with van der Waals surface area (Å²) >= 11 is 0. The Bertz CT molecular complexity index is 497. The Hall–Kier alpha value is -1.66. The Kier molecular flexibility index (Phi) is 5.14. The van der Waals surface area contributed by atoms with Gasteiger partial charge in [-0.05, 0) is 43.7 Å². The van der Waals surface area contributed by atoms with E-state index in [1.807, 2.05) is 13.0 Å². The third-order valence-corrected chi connectivity index (χ3v) is 4.03. The van der Waals surface area contributed by atoms with Gasteiger partial charge in [0, 0.05) is 43.6 Å². The summed E-state index contributed by atoms with van der Waals surface area (Å²) < 4.78 is 0.